The van der Waals surface area contributed by atoms with Crippen molar-refractivity contribution in [1.29, 1.82) is 0 Å². The summed E-state index contributed by atoms with van der Waals surface area (Å²) in [5, 5.41) is 3.94. The van der Waals surface area contributed by atoms with Crippen molar-refractivity contribution in [2.24, 2.45) is 11.1 Å². The highest BCUT2D eigenvalue weighted by molar-refractivity contribution is 5.91. The molecule has 2 heterocycles. The van der Waals surface area contributed by atoms with Gasteiger partial charge in [0, 0.05) is 25.2 Å². The lowest BCUT2D eigenvalue weighted by molar-refractivity contribution is 0.0495. The van der Waals surface area contributed by atoms with Gasteiger partial charge in [-0.05, 0) is 17.8 Å². The average molecular weight is 265 g/mol. The first-order chi connectivity index (χ1) is 8.81. The van der Waals surface area contributed by atoms with Gasteiger partial charge in [0.1, 0.15) is 0 Å². The quantitative estimate of drug-likeness (QED) is 0.887. The fourth-order valence-corrected chi connectivity index (χ4v) is 2.36. The minimum absolute atomic E-state index is 0.0607. The van der Waals surface area contributed by atoms with Crippen LogP contribution < -0.4 is 5.73 Å². The molecule has 1 aromatic heterocycles. The monoisotopic (exact) mass is 265 g/mol. The molecule has 5 nitrogen and oxygen atoms in total. The lowest BCUT2D eigenvalue weighted by Gasteiger charge is -2.42. The minimum atomic E-state index is -0.0839. The molecular formula is C14H23N3O2. The van der Waals surface area contributed by atoms with E-state index < -0.39 is 0 Å². The summed E-state index contributed by atoms with van der Waals surface area (Å²) in [6.45, 7) is 9.57. The Labute approximate surface area is 114 Å². The lowest BCUT2D eigenvalue weighted by atomic mass is 9.79. The molecule has 1 fully saturated rings. The Morgan fingerprint density at radius 1 is 1.58 bits per heavy atom. The van der Waals surface area contributed by atoms with Gasteiger partial charge in [-0.2, -0.15) is 0 Å². The second kappa shape index (κ2) is 4.96. The van der Waals surface area contributed by atoms with Gasteiger partial charge in [0.05, 0.1) is 5.69 Å². The van der Waals surface area contributed by atoms with E-state index in [-0.39, 0.29) is 23.3 Å². The molecule has 1 atom stereocenters. The highest BCUT2D eigenvalue weighted by Crippen LogP contribution is 2.28. The van der Waals surface area contributed by atoms with E-state index in [1.54, 1.807) is 6.07 Å². The molecule has 0 spiro atoms. The third kappa shape index (κ3) is 2.81. The van der Waals surface area contributed by atoms with Crippen LogP contribution in [0.5, 0.6) is 0 Å². The topological polar surface area (TPSA) is 72.4 Å². The fourth-order valence-electron chi connectivity index (χ4n) is 2.36. The second-order valence-electron chi connectivity index (χ2n) is 6.38. The molecule has 1 aromatic rings. The summed E-state index contributed by atoms with van der Waals surface area (Å²) in [5.74, 6) is 0.505. The van der Waals surface area contributed by atoms with Crippen molar-refractivity contribution < 1.29 is 9.32 Å². The van der Waals surface area contributed by atoms with Crippen molar-refractivity contribution in [2.75, 3.05) is 13.1 Å². The predicted molar refractivity (Wildman–Crippen MR) is 72.9 cm³/mol. The Morgan fingerprint density at radius 2 is 2.26 bits per heavy atom. The normalized spacial score (nSPS) is 22.8. The second-order valence-corrected chi connectivity index (χ2v) is 6.38. The van der Waals surface area contributed by atoms with Gasteiger partial charge < -0.3 is 15.2 Å². The molecule has 2 rings (SSSR count). The lowest BCUT2D eigenvalue weighted by Crippen LogP contribution is -2.53. The summed E-state index contributed by atoms with van der Waals surface area (Å²) in [7, 11) is 0. The molecule has 0 radical (unpaired) electrons. The highest BCUT2D eigenvalue weighted by Gasteiger charge is 2.36. The molecule has 0 saturated carbocycles. The van der Waals surface area contributed by atoms with Crippen molar-refractivity contribution in [3.05, 3.63) is 17.5 Å². The van der Waals surface area contributed by atoms with Crippen LogP contribution >= 0.6 is 0 Å². The number of rotatable bonds is 2. The van der Waals surface area contributed by atoms with Gasteiger partial charge in [-0.15, -0.1) is 0 Å². The number of amides is 1. The number of carbonyl (C=O) groups is 1. The van der Waals surface area contributed by atoms with E-state index in [0.29, 0.717) is 18.8 Å². The highest BCUT2D eigenvalue weighted by atomic mass is 16.5. The average Bonchev–Trinajstić information content (AvgIpc) is 2.81. The van der Waals surface area contributed by atoms with Crippen LogP contribution in [0.25, 0.3) is 0 Å². The van der Waals surface area contributed by atoms with E-state index in [1.165, 1.54) is 0 Å². The van der Waals surface area contributed by atoms with Crippen LogP contribution in [0.4, 0.5) is 0 Å². The van der Waals surface area contributed by atoms with Crippen LogP contribution in [0.2, 0.25) is 0 Å². The summed E-state index contributed by atoms with van der Waals surface area (Å²) >= 11 is 0. The van der Waals surface area contributed by atoms with E-state index in [4.69, 9.17) is 10.3 Å². The largest absolute Gasteiger partial charge is 0.351 e. The minimum Gasteiger partial charge on any atom is -0.351 e. The standard InChI is InChI=1S/C14H23N3O2/c1-9(2)10-7-11(19-16-10)13(18)17-6-5-12(15)14(3,4)8-17/h7,9,12H,5-6,8,15H2,1-4H3. The van der Waals surface area contributed by atoms with Crippen molar-refractivity contribution in [3.63, 3.8) is 0 Å². The van der Waals surface area contributed by atoms with Crippen LogP contribution in [0.3, 0.4) is 0 Å². The summed E-state index contributed by atoms with van der Waals surface area (Å²) in [4.78, 5) is 14.2. The Hall–Kier alpha value is -1.36. The summed E-state index contributed by atoms with van der Waals surface area (Å²) in [6, 6.07) is 1.88. The Morgan fingerprint density at radius 3 is 2.79 bits per heavy atom. The first kappa shape index (κ1) is 14.1. The maximum absolute atomic E-state index is 12.4. The third-order valence-electron chi connectivity index (χ3n) is 3.93. The molecule has 1 aliphatic heterocycles. The third-order valence-corrected chi connectivity index (χ3v) is 3.93. The molecule has 0 aromatic carbocycles. The SMILES string of the molecule is CC(C)c1cc(C(=O)N2CCC(N)C(C)(C)C2)on1. The van der Waals surface area contributed by atoms with Crippen molar-refractivity contribution in [1.82, 2.24) is 10.1 Å². The molecule has 1 unspecified atom stereocenters. The molecular weight excluding hydrogens is 242 g/mol. The van der Waals surface area contributed by atoms with E-state index >= 15 is 0 Å². The Balaban J connectivity index is 2.11. The zero-order valence-electron chi connectivity index (χ0n) is 12.1. The van der Waals surface area contributed by atoms with Crippen LogP contribution in [-0.2, 0) is 0 Å². The Kier molecular flexibility index (Phi) is 3.67. The van der Waals surface area contributed by atoms with E-state index in [9.17, 15) is 4.79 Å². The Bertz CT molecular complexity index is 465. The van der Waals surface area contributed by atoms with E-state index in [2.05, 4.69) is 19.0 Å². The van der Waals surface area contributed by atoms with E-state index in [0.717, 1.165) is 12.1 Å². The molecule has 1 saturated heterocycles. The van der Waals surface area contributed by atoms with Crippen molar-refractivity contribution in [3.8, 4) is 0 Å². The van der Waals surface area contributed by atoms with Gasteiger partial charge in [-0.3, -0.25) is 4.79 Å². The van der Waals surface area contributed by atoms with Gasteiger partial charge in [0.15, 0.2) is 0 Å². The predicted octanol–water partition coefficient (Wildman–Crippen LogP) is 2.00. The summed E-state index contributed by atoms with van der Waals surface area (Å²) in [6.07, 6.45) is 0.823. The smallest absolute Gasteiger partial charge is 0.292 e. The maximum Gasteiger partial charge on any atom is 0.292 e. The first-order valence-electron chi connectivity index (χ1n) is 6.83. The van der Waals surface area contributed by atoms with Crippen LogP contribution in [-0.4, -0.2) is 35.1 Å². The maximum atomic E-state index is 12.4. The number of nitrogens with two attached hydrogens (primary N) is 1. The van der Waals surface area contributed by atoms with Gasteiger partial charge >= 0.3 is 0 Å². The molecule has 106 valence electrons. The number of hydrogen-bond donors (Lipinski definition) is 1. The number of hydrogen-bond acceptors (Lipinski definition) is 4. The molecule has 5 heteroatoms. The number of piperidine rings is 1. The summed E-state index contributed by atoms with van der Waals surface area (Å²) < 4.78 is 5.16. The molecule has 1 aliphatic rings. The van der Waals surface area contributed by atoms with Crippen molar-refractivity contribution in [2.45, 2.75) is 46.1 Å². The zero-order valence-corrected chi connectivity index (χ0v) is 12.1. The van der Waals surface area contributed by atoms with Crippen LogP contribution in [0.1, 0.15) is 56.3 Å². The number of likely N-dealkylation sites (tertiary alicyclic amines) is 1. The van der Waals surface area contributed by atoms with Gasteiger partial charge in [-0.25, -0.2) is 0 Å². The molecule has 0 aliphatic carbocycles. The van der Waals surface area contributed by atoms with Crippen molar-refractivity contribution >= 4 is 5.91 Å². The van der Waals surface area contributed by atoms with Gasteiger partial charge in [0.25, 0.3) is 5.91 Å². The van der Waals surface area contributed by atoms with Crippen LogP contribution in [0, 0.1) is 5.41 Å². The molecule has 1 amide bonds. The first-order valence-corrected chi connectivity index (χ1v) is 6.83. The number of aromatic nitrogens is 1. The molecule has 0 bridgehead atoms. The van der Waals surface area contributed by atoms with Crippen LogP contribution in [0.15, 0.2) is 10.6 Å². The number of carbonyl (C=O) groups excluding carboxylic acids is 1. The van der Waals surface area contributed by atoms with Gasteiger partial charge in [0.2, 0.25) is 5.76 Å². The molecule has 19 heavy (non-hydrogen) atoms. The fraction of sp³-hybridized carbons (Fsp3) is 0.714. The zero-order chi connectivity index (χ0) is 14.2. The summed E-state index contributed by atoms with van der Waals surface area (Å²) in [5.41, 5.74) is 6.84. The molecule has 2 N–H and O–H groups in total. The number of nitrogens with zero attached hydrogens (tertiary/aromatic N) is 2. The van der Waals surface area contributed by atoms with Gasteiger partial charge in [-0.1, -0.05) is 32.9 Å². The van der Waals surface area contributed by atoms with E-state index in [1.807, 2.05) is 18.7 Å².